The van der Waals surface area contributed by atoms with Gasteiger partial charge in [0.15, 0.2) is 0 Å². The van der Waals surface area contributed by atoms with Gasteiger partial charge in [0.1, 0.15) is 5.69 Å². The van der Waals surface area contributed by atoms with Gasteiger partial charge in [-0.2, -0.15) is 5.10 Å². The molecule has 1 aliphatic rings. The largest absolute Gasteiger partial charge is 0.350 e. The molecule has 1 heterocycles. The van der Waals surface area contributed by atoms with Crippen LogP contribution in [-0.2, 0) is 7.05 Å². The summed E-state index contributed by atoms with van der Waals surface area (Å²) in [6.45, 7) is 0.761. The van der Waals surface area contributed by atoms with Crippen molar-refractivity contribution in [2.24, 2.45) is 13.0 Å². The molecule has 1 amide bonds. The van der Waals surface area contributed by atoms with Crippen molar-refractivity contribution in [2.75, 3.05) is 6.54 Å². The first-order chi connectivity index (χ1) is 7.65. The Morgan fingerprint density at radius 2 is 2.50 bits per heavy atom. The first kappa shape index (κ1) is 11.6. The Morgan fingerprint density at radius 1 is 1.69 bits per heavy atom. The third-order valence-electron chi connectivity index (χ3n) is 2.97. The summed E-state index contributed by atoms with van der Waals surface area (Å²) in [5.41, 5.74) is 0.496. The molecule has 5 heteroatoms. The Bertz CT molecular complexity index is 377. The molecule has 0 aliphatic heterocycles. The molecule has 0 radical (unpaired) electrons. The predicted molar refractivity (Wildman–Crippen MR) is 65.6 cm³/mol. The highest BCUT2D eigenvalue weighted by atomic mass is 79.9. The number of nitrogens with zero attached hydrogens (tertiary/aromatic N) is 2. The summed E-state index contributed by atoms with van der Waals surface area (Å²) in [5.74, 6) is 0.538. The molecule has 16 heavy (non-hydrogen) atoms. The summed E-state index contributed by atoms with van der Waals surface area (Å²) in [6, 6.07) is 1.73. The molecule has 88 valence electrons. The number of nitrogens with one attached hydrogen (secondary N) is 1. The summed E-state index contributed by atoms with van der Waals surface area (Å²) in [4.78, 5) is 12.3. The van der Waals surface area contributed by atoms with Gasteiger partial charge in [-0.15, -0.1) is 0 Å². The van der Waals surface area contributed by atoms with Crippen LogP contribution in [0.4, 0.5) is 0 Å². The zero-order chi connectivity index (χ0) is 11.5. The van der Waals surface area contributed by atoms with Gasteiger partial charge in [-0.1, -0.05) is 15.9 Å². The molecule has 0 aromatic carbocycles. The van der Waals surface area contributed by atoms with E-state index in [4.69, 9.17) is 0 Å². The van der Waals surface area contributed by atoms with Gasteiger partial charge in [0, 0.05) is 24.6 Å². The van der Waals surface area contributed by atoms with Crippen molar-refractivity contribution < 1.29 is 4.79 Å². The summed E-state index contributed by atoms with van der Waals surface area (Å²) in [6.07, 6.45) is 5.34. The lowest BCUT2D eigenvalue weighted by molar-refractivity contribution is 0.0941. The van der Waals surface area contributed by atoms with Crippen molar-refractivity contribution in [3.8, 4) is 0 Å². The Morgan fingerprint density at radius 3 is 3.06 bits per heavy atom. The van der Waals surface area contributed by atoms with Crippen LogP contribution in [0.2, 0.25) is 0 Å². The molecule has 1 fully saturated rings. The molecule has 0 bridgehead atoms. The van der Waals surface area contributed by atoms with E-state index in [-0.39, 0.29) is 5.91 Å². The van der Waals surface area contributed by atoms with E-state index in [1.807, 2.05) is 7.05 Å². The molecule has 2 rings (SSSR count). The van der Waals surface area contributed by atoms with Crippen LogP contribution in [0.25, 0.3) is 0 Å². The molecule has 1 saturated carbocycles. The lowest BCUT2D eigenvalue weighted by Gasteiger charge is -2.09. The number of carbonyl (C=O) groups excluding carboxylic acids is 1. The van der Waals surface area contributed by atoms with Crippen molar-refractivity contribution in [2.45, 2.75) is 24.1 Å². The molecule has 2 unspecified atom stereocenters. The zero-order valence-electron chi connectivity index (χ0n) is 9.32. The Kier molecular flexibility index (Phi) is 3.63. The number of hydrogen-bond donors (Lipinski definition) is 1. The van der Waals surface area contributed by atoms with Crippen LogP contribution in [0.3, 0.4) is 0 Å². The van der Waals surface area contributed by atoms with Crippen LogP contribution >= 0.6 is 15.9 Å². The van der Waals surface area contributed by atoms with Gasteiger partial charge < -0.3 is 5.32 Å². The second-order valence-corrected chi connectivity index (χ2v) is 5.66. The minimum atomic E-state index is -0.0707. The topological polar surface area (TPSA) is 46.9 Å². The van der Waals surface area contributed by atoms with Crippen LogP contribution in [0.5, 0.6) is 0 Å². The maximum atomic E-state index is 11.7. The Balaban J connectivity index is 1.80. The molecular weight excluding hydrogens is 270 g/mol. The normalized spacial score (nSPS) is 24.6. The van der Waals surface area contributed by atoms with Crippen molar-refractivity contribution >= 4 is 21.8 Å². The number of halogens is 1. The summed E-state index contributed by atoms with van der Waals surface area (Å²) < 4.78 is 1.64. The van der Waals surface area contributed by atoms with E-state index in [1.54, 1.807) is 16.9 Å². The average Bonchev–Trinajstić information content (AvgIpc) is 2.84. The molecule has 0 spiro atoms. The fraction of sp³-hybridized carbons (Fsp3) is 0.636. The molecule has 2 atom stereocenters. The summed E-state index contributed by atoms with van der Waals surface area (Å²) >= 11 is 3.61. The van der Waals surface area contributed by atoms with Gasteiger partial charge >= 0.3 is 0 Å². The van der Waals surface area contributed by atoms with E-state index in [0.717, 1.165) is 13.0 Å². The molecule has 0 saturated heterocycles. The predicted octanol–water partition coefficient (Wildman–Crippen LogP) is 1.71. The van der Waals surface area contributed by atoms with Crippen LogP contribution in [-0.4, -0.2) is 27.1 Å². The SMILES string of the molecule is Cn1ccc(C(=O)NCC2CCC(Br)C2)n1. The fourth-order valence-corrected chi connectivity index (χ4v) is 2.86. The van der Waals surface area contributed by atoms with Gasteiger partial charge in [0.2, 0.25) is 0 Å². The first-order valence-corrected chi connectivity index (χ1v) is 6.48. The van der Waals surface area contributed by atoms with Gasteiger partial charge in [-0.05, 0) is 31.2 Å². The van der Waals surface area contributed by atoms with E-state index in [0.29, 0.717) is 16.4 Å². The smallest absolute Gasteiger partial charge is 0.271 e. The first-order valence-electron chi connectivity index (χ1n) is 5.57. The van der Waals surface area contributed by atoms with Crippen LogP contribution in [0, 0.1) is 5.92 Å². The number of carbonyl (C=O) groups is 1. The Labute approximate surface area is 104 Å². The van der Waals surface area contributed by atoms with Crippen molar-refractivity contribution in [3.63, 3.8) is 0 Å². The lowest BCUT2D eigenvalue weighted by Crippen LogP contribution is -2.28. The van der Waals surface area contributed by atoms with Crippen LogP contribution < -0.4 is 5.32 Å². The highest BCUT2D eigenvalue weighted by Crippen LogP contribution is 2.29. The molecule has 1 aliphatic carbocycles. The third-order valence-corrected chi connectivity index (χ3v) is 3.81. The molecule has 4 nitrogen and oxygen atoms in total. The highest BCUT2D eigenvalue weighted by molar-refractivity contribution is 9.09. The number of rotatable bonds is 3. The van der Waals surface area contributed by atoms with Crippen LogP contribution in [0.15, 0.2) is 12.3 Å². The second kappa shape index (κ2) is 4.99. The van der Waals surface area contributed by atoms with E-state index in [9.17, 15) is 4.79 Å². The highest BCUT2D eigenvalue weighted by Gasteiger charge is 2.23. The van der Waals surface area contributed by atoms with Crippen molar-refractivity contribution in [1.29, 1.82) is 0 Å². The number of hydrogen-bond acceptors (Lipinski definition) is 2. The van der Waals surface area contributed by atoms with Gasteiger partial charge in [-0.3, -0.25) is 9.48 Å². The second-order valence-electron chi connectivity index (χ2n) is 4.36. The minimum absolute atomic E-state index is 0.0707. The summed E-state index contributed by atoms with van der Waals surface area (Å²) in [5, 5.41) is 7.01. The number of amides is 1. The molecular formula is C11H16BrN3O. The quantitative estimate of drug-likeness (QED) is 0.860. The number of alkyl halides is 1. The van der Waals surface area contributed by atoms with Gasteiger partial charge in [0.05, 0.1) is 0 Å². The maximum Gasteiger partial charge on any atom is 0.271 e. The number of aryl methyl sites for hydroxylation is 1. The van der Waals surface area contributed by atoms with Crippen molar-refractivity contribution in [3.05, 3.63) is 18.0 Å². The Hall–Kier alpha value is -0.840. The molecule has 1 N–H and O–H groups in total. The van der Waals surface area contributed by atoms with Gasteiger partial charge in [-0.25, -0.2) is 0 Å². The van der Waals surface area contributed by atoms with Crippen LogP contribution in [0.1, 0.15) is 29.8 Å². The zero-order valence-corrected chi connectivity index (χ0v) is 10.9. The maximum absolute atomic E-state index is 11.7. The van der Waals surface area contributed by atoms with Gasteiger partial charge in [0.25, 0.3) is 5.91 Å². The van der Waals surface area contributed by atoms with E-state index >= 15 is 0 Å². The number of aromatic nitrogens is 2. The molecule has 1 aromatic heterocycles. The van der Waals surface area contributed by atoms with Crippen molar-refractivity contribution in [1.82, 2.24) is 15.1 Å². The standard InChI is InChI=1S/C11H16BrN3O/c1-15-5-4-10(14-15)11(16)13-7-8-2-3-9(12)6-8/h4-5,8-9H,2-3,6-7H2,1H3,(H,13,16). The fourth-order valence-electron chi connectivity index (χ4n) is 2.06. The lowest BCUT2D eigenvalue weighted by atomic mass is 10.1. The molecule has 1 aromatic rings. The van der Waals surface area contributed by atoms with E-state index in [1.165, 1.54) is 12.8 Å². The minimum Gasteiger partial charge on any atom is -0.350 e. The summed E-state index contributed by atoms with van der Waals surface area (Å²) in [7, 11) is 1.81. The average molecular weight is 286 g/mol. The third kappa shape index (κ3) is 2.84. The van der Waals surface area contributed by atoms with E-state index in [2.05, 4.69) is 26.3 Å². The monoisotopic (exact) mass is 285 g/mol. The van der Waals surface area contributed by atoms with E-state index < -0.39 is 0 Å².